The number of piperidine rings is 1. The van der Waals surface area contributed by atoms with Gasteiger partial charge < -0.3 is 5.73 Å². The molecule has 1 aliphatic rings. The van der Waals surface area contributed by atoms with E-state index in [4.69, 9.17) is 41.2 Å². The zero-order valence-corrected chi connectivity index (χ0v) is 13.9. The fraction of sp³-hybridized carbons (Fsp3) is 0.429. The molecule has 0 aromatic heterocycles. The van der Waals surface area contributed by atoms with Crippen molar-refractivity contribution >= 4 is 46.7 Å². The van der Waals surface area contributed by atoms with Crippen LogP contribution in [-0.2, 0) is 6.54 Å². The highest BCUT2D eigenvalue weighted by Crippen LogP contribution is 2.25. The lowest BCUT2D eigenvalue weighted by atomic mass is 10.0. The third-order valence-electron chi connectivity index (χ3n) is 3.47. The van der Waals surface area contributed by atoms with Crippen molar-refractivity contribution in [1.29, 1.82) is 0 Å². The predicted molar refractivity (Wildman–Crippen MR) is 92.9 cm³/mol. The zero-order valence-electron chi connectivity index (χ0n) is 11.6. The van der Waals surface area contributed by atoms with Gasteiger partial charge in [0.05, 0.1) is 0 Å². The van der Waals surface area contributed by atoms with Crippen molar-refractivity contribution < 1.29 is 0 Å². The minimum Gasteiger partial charge on any atom is -0.375 e. The monoisotopic (exact) mass is 344 g/mol. The fourth-order valence-electron chi connectivity index (χ4n) is 2.45. The highest BCUT2D eigenvalue weighted by atomic mass is 35.5. The average Bonchev–Trinajstić information content (AvgIpc) is 2.44. The van der Waals surface area contributed by atoms with E-state index < -0.39 is 0 Å². The molecule has 2 rings (SSSR count). The Morgan fingerprint density at radius 2 is 2.29 bits per heavy atom. The molecule has 1 atom stereocenters. The Kier molecular flexibility index (Phi) is 6.23. The molecule has 0 bridgehead atoms. The minimum absolute atomic E-state index is 0.173. The summed E-state index contributed by atoms with van der Waals surface area (Å²) in [5.74, 6) is 0. The molecule has 1 unspecified atom stereocenters. The van der Waals surface area contributed by atoms with Crippen LogP contribution in [0.4, 0.5) is 0 Å². The third kappa shape index (κ3) is 5.11. The van der Waals surface area contributed by atoms with E-state index in [1.54, 1.807) is 6.07 Å². The number of nitrogens with zero attached hydrogens (tertiary/aromatic N) is 2. The van der Waals surface area contributed by atoms with Crippen LogP contribution in [0.1, 0.15) is 24.8 Å². The zero-order chi connectivity index (χ0) is 15.2. The molecule has 4 nitrogen and oxygen atoms in total. The van der Waals surface area contributed by atoms with Crippen LogP contribution in [0.2, 0.25) is 10.0 Å². The van der Waals surface area contributed by atoms with Crippen LogP contribution in [0, 0.1) is 0 Å². The maximum absolute atomic E-state index is 6.24. The van der Waals surface area contributed by atoms with Gasteiger partial charge in [-0.05, 0) is 55.4 Å². The lowest BCUT2D eigenvalue weighted by Gasteiger charge is -2.33. The summed E-state index contributed by atoms with van der Waals surface area (Å²) in [5, 5.41) is 5.70. The van der Waals surface area contributed by atoms with Crippen molar-refractivity contribution in [3.05, 3.63) is 33.8 Å². The predicted octanol–water partition coefficient (Wildman–Crippen LogP) is 3.17. The maximum Gasteiger partial charge on any atom is 0.184 e. The summed E-state index contributed by atoms with van der Waals surface area (Å²) in [5.41, 5.74) is 9.00. The smallest absolute Gasteiger partial charge is 0.184 e. The number of benzene rings is 1. The standard InChI is InChI=1S/C14H18Cl2N4S/c15-11-4-5-13(16)10(7-11)9-20-6-2-1-3-12(20)8-18-19-14(17)21/h4-5,7-8,12H,1-3,6,9H2,(H3,17,19,21). The van der Waals surface area contributed by atoms with Crippen LogP contribution in [0.3, 0.4) is 0 Å². The summed E-state index contributed by atoms with van der Waals surface area (Å²) in [6.07, 6.45) is 5.27. The van der Waals surface area contributed by atoms with Crippen LogP contribution in [0.5, 0.6) is 0 Å². The van der Waals surface area contributed by atoms with Gasteiger partial charge in [-0.15, -0.1) is 0 Å². The van der Waals surface area contributed by atoms with E-state index in [9.17, 15) is 0 Å². The number of hydrazone groups is 1. The SMILES string of the molecule is NC(=S)NN=CC1CCCCN1Cc1cc(Cl)ccc1Cl. The lowest BCUT2D eigenvalue weighted by molar-refractivity contribution is 0.186. The first-order chi connectivity index (χ1) is 10.1. The van der Waals surface area contributed by atoms with Crippen LogP contribution in [0.25, 0.3) is 0 Å². The largest absolute Gasteiger partial charge is 0.375 e. The number of likely N-dealkylation sites (tertiary alicyclic amines) is 1. The molecular weight excluding hydrogens is 327 g/mol. The van der Waals surface area contributed by atoms with Crippen molar-refractivity contribution in [2.45, 2.75) is 31.8 Å². The van der Waals surface area contributed by atoms with Crippen molar-refractivity contribution in [3.8, 4) is 0 Å². The van der Waals surface area contributed by atoms with Crippen molar-refractivity contribution in [1.82, 2.24) is 10.3 Å². The molecule has 1 heterocycles. The number of nitrogens with two attached hydrogens (primary N) is 1. The molecule has 0 radical (unpaired) electrons. The normalized spacial score (nSPS) is 19.8. The van der Waals surface area contributed by atoms with Crippen molar-refractivity contribution in [2.75, 3.05) is 6.54 Å². The van der Waals surface area contributed by atoms with Gasteiger partial charge in [0.25, 0.3) is 0 Å². The Morgan fingerprint density at radius 3 is 3.05 bits per heavy atom. The van der Waals surface area contributed by atoms with E-state index in [1.165, 1.54) is 12.8 Å². The summed E-state index contributed by atoms with van der Waals surface area (Å²) in [4.78, 5) is 2.34. The van der Waals surface area contributed by atoms with E-state index >= 15 is 0 Å². The average molecular weight is 345 g/mol. The number of nitrogens with one attached hydrogen (secondary N) is 1. The molecule has 7 heteroatoms. The molecule has 1 fully saturated rings. The Hall–Kier alpha value is -0.880. The lowest BCUT2D eigenvalue weighted by Crippen LogP contribution is -2.40. The summed E-state index contributed by atoms with van der Waals surface area (Å²) >= 11 is 17.0. The first-order valence-electron chi connectivity index (χ1n) is 6.83. The Morgan fingerprint density at radius 1 is 1.48 bits per heavy atom. The van der Waals surface area contributed by atoms with Gasteiger partial charge in [0.1, 0.15) is 0 Å². The number of halogens is 2. The molecule has 1 aliphatic heterocycles. The van der Waals surface area contributed by atoms with Crippen LogP contribution < -0.4 is 11.2 Å². The van der Waals surface area contributed by atoms with E-state index in [1.807, 2.05) is 18.3 Å². The second-order valence-electron chi connectivity index (χ2n) is 5.02. The Bertz CT molecular complexity index is 536. The molecule has 1 aromatic rings. The Balaban J connectivity index is 2.06. The first kappa shape index (κ1) is 16.5. The summed E-state index contributed by atoms with van der Waals surface area (Å²) in [7, 11) is 0. The second-order valence-corrected chi connectivity index (χ2v) is 6.31. The van der Waals surface area contributed by atoms with E-state index in [0.29, 0.717) is 5.02 Å². The topological polar surface area (TPSA) is 53.6 Å². The van der Waals surface area contributed by atoms with Gasteiger partial charge in [-0.3, -0.25) is 10.3 Å². The van der Waals surface area contributed by atoms with Gasteiger partial charge >= 0.3 is 0 Å². The molecule has 0 aliphatic carbocycles. The quantitative estimate of drug-likeness (QED) is 0.500. The molecular formula is C14H18Cl2N4S. The van der Waals surface area contributed by atoms with Crippen molar-refractivity contribution in [2.24, 2.45) is 10.8 Å². The van der Waals surface area contributed by atoms with Gasteiger partial charge in [0.2, 0.25) is 0 Å². The van der Waals surface area contributed by atoms with Gasteiger partial charge in [-0.1, -0.05) is 29.6 Å². The Labute approximate surface area is 140 Å². The summed E-state index contributed by atoms with van der Waals surface area (Å²) in [6.45, 7) is 1.76. The highest BCUT2D eigenvalue weighted by Gasteiger charge is 2.21. The molecule has 0 spiro atoms. The maximum atomic E-state index is 6.24. The van der Waals surface area contributed by atoms with Gasteiger partial charge in [0, 0.05) is 28.8 Å². The summed E-state index contributed by atoms with van der Waals surface area (Å²) < 4.78 is 0. The van der Waals surface area contributed by atoms with Gasteiger partial charge in [-0.2, -0.15) is 5.10 Å². The van der Waals surface area contributed by atoms with Gasteiger partial charge in [-0.25, -0.2) is 0 Å². The number of thiocarbonyl (C=S) groups is 1. The number of rotatable bonds is 4. The fourth-order valence-corrected chi connectivity index (χ4v) is 2.88. The van der Waals surface area contributed by atoms with E-state index in [0.717, 1.165) is 30.1 Å². The molecule has 21 heavy (non-hydrogen) atoms. The van der Waals surface area contributed by atoms with Crippen LogP contribution in [0.15, 0.2) is 23.3 Å². The molecule has 114 valence electrons. The first-order valence-corrected chi connectivity index (χ1v) is 7.99. The van der Waals surface area contributed by atoms with E-state index in [-0.39, 0.29) is 11.2 Å². The van der Waals surface area contributed by atoms with E-state index in [2.05, 4.69) is 15.4 Å². The molecule has 0 saturated carbocycles. The molecule has 3 N–H and O–H groups in total. The third-order valence-corrected chi connectivity index (χ3v) is 4.16. The molecule has 1 aromatic carbocycles. The molecule has 1 saturated heterocycles. The number of hydrogen-bond donors (Lipinski definition) is 2. The highest BCUT2D eigenvalue weighted by molar-refractivity contribution is 7.80. The number of hydrogen-bond acceptors (Lipinski definition) is 3. The van der Waals surface area contributed by atoms with Crippen molar-refractivity contribution in [3.63, 3.8) is 0 Å². The van der Waals surface area contributed by atoms with Crippen LogP contribution in [-0.4, -0.2) is 28.8 Å². The second kappa shape index (κ2) is 7.94. The minimum atomic E-state index is 0.173. The summed E-state index contributed by atoms with van der Waals surface area (Å²) in [6, 6.07) is 5.80. The van der Waals surface area contributed by atoms with Crippen LogP contribution >= 0.6 is 35.4 Å². The molecule has 0 amide bonds. The van der Waals surface area contributed by atoms with Gasteiger partial charge in [0.15, 0.2) is 5.11 Å².